The molecule has 1 aromatic carbocycles. The van der Waals surface area contributed by atoms with Gasteiger partial charge in [0.05, 0.1) is 6.20 Å². The van der Waals surface area contributed by atoms with Gasteiger partial charge in [-0.1, -0.05) is 28.1 Å². The number of hydrogen-bond donors (Lipinski definition) is 1. The Balaban J connectivity index is 1.56. The molecule has 0 aliphatic heterocycles. The largest absolute Gasteiger partial charge is 0.307 e. The average molecular weight is 348 g/mol. The van der Waals surface area contributed by atoms with E-state index in [0.29, 0.717) is 18.0 Å². The topological polar surface area (TPSA) is 29.9 Å². The maximum absolute atomic E-state index is 4.33. The Morgan fingerprint density at radius 3 is 2.76 bits per heavy atom. The maximum atomic E-state index is 4.33. The van der Waals surface area contributed by atoms with E-state index >= 15 is 0 Å². The lowest BCUT2D eigenvalue weighted by molar-refractivity contribution is 0.270. The van der Waals surface area contributed by atoms with Gasteiger partial charge in [0.1, 0.15) is 0 Å². The van der Waals surface area contributed by atoms with E-state index in [1.807, 2.05) is 17.9 Å². The van der Waals surface area contributed by atoms with Gasteiger partial charge < -0.3 is 5.32 Å². The maximum Gasteiger partial charge on any atom is 0.0540 e. The fourth-order valence-electron chi connectivity index (χ4n) is 3.17. The van der Waals surface area contributed by atoms with Gasteiger partial charge >= 0.3 is 0 Å². The van der Waals surface area contributed by atoms with Gasteiger partial charge in [0.2, 0.25) is 0 Å². The molecule has 0 radical (unpaired) electrons. The van der Waals surface area contributed by atoms with Crippen molar-refractivity contribution in [3.63, 3.8) is 0 Å². The van der Waals surface area contributed by atoms with Crippen molar-refractivity contribution < 1.29 is 0 Å². The van der Waals surface area contributed by atoms with E-state index in [0.717, 1.165) is 0 Å². The Kier molecular flexibility index (Phi) is 4.18. The van der Waals surface area contributed by atoms with Crippen LogP contribution < -0.4 is 5.32 Å². The fraction of sp³-hybridized carbons (Fsp3) is 0.471. The highest BCUT2D eigenvalue weighted by Crippen LogP contribution is 2.38. The Labute approximate surface area is 134 Å². The molecule has 0 spiro atoms. The second-order valence-corrected chi connectivity index (χ2v) is 7.03. The molecule has 1 unspecified atom stereocenters. The van der Waals surface area contributed by atoms with Crippen molar-refractivity contribution in [1.29, 1.82) is 0 Å². The molecule has 1 heterocycles. The molecule has 0 saturated heterocycles. The SMILES string of the molecule is Cc1c(C(C)NC2CC(c3cccc(Br)c3)C2)cnn1C. The first-order valence-corrected chi connectivity index (χ1v) is 8.34. The molecule has 3 nitrogen and oxygen atoms in total. The third-order valence-electron chi connectivity index (χ3n) is 4.68. The fourth-order valence-corrected chi connectivity index (χ4v) is 3.59. The van der Waals surface area contributed by atoms with Gasteiger partial charge in [-0.3, -0.25) is 4.68 Å². The molecule has 1 aliphatic rings. The molecule has 0 amide bonds. The number of aryl methyl sites for hydroxylation is 1. The molecule has 2 aromatic rings. The lowest BCUT2D eigenvalue weighted by Crippen LogP contribution is -2.41. The van der Waals surface area contributed by atoms with Crippen LogP contribution >= 0.6 is 15.9 Å². The molecule has 1 atom stereocenters. The van der Waals surface area contributed by atoms with Crippen LogP contribution in [0.2, 0.25) is 0 Å². The van der Waals surface area contributed by atoms with Gasteiger partial charge in [-0.15, -0.1) is 0 Å². The van der Waals surface area contributed by atoms with E-state index in [1.54, 1.807) is 0 Å². The van der Waals surface area contributed by atoms with Crippen LogP contribution in [0.25, 0.3) is 0 Å². The van der Waals surface area contributed by atoms with Crippen molar-refractivity contribution in [2.24, 2.45) is 7.05 Å². The molecule has 1 N–H and O–H groups in total. The van der Waals surface area contributed by atoms with Gasteiger partial charge in [-0.2, -0.15) is 5.10 Å². The highest BCUT2D eigenvalue weighted by molar-refractivity contribution is 9.10. The van der Waals surface area contributed by atoms with Gasteiger partial charge in [0, 0.05) is 34.9 Å². The zero-order valence-electron chi connectivity index (χ0n) is 12.8. The standard InChI is InChI=1S/C17H22BrN3/c1-11(17-10-19-21(3)12(17)2)20-16-8-14(9-16)13-5-4-6-15(18)7-13/h4-7,10-11,14,16,20H,8-9H2,1-3H3. The molecule has 1 saturated carbocycles. The van der Waals surface area contributed by atoms with Crippen molar-refractivity contribution in [2.75, 3.05) is 0 Å². The summed E-state index contributed by atoms with van der Waals surface area (Å²) in [6, 6.07) is 9.68. The highest BCUT2D eigenvalue weighted by atomic mass is 79.9. The number of aromatic nitrogens is 2. The first-order valence-electron chi connectivity index (χ1n) is 7.54. The van der Waals surface area contributed by atoms with Crippen LogP contribution in [0.15, 0.2) is 34.9 Å². The molecular formula is C17H22BrN3. The van der Waals surface area contributed by atoms with Gasteiger partial charge in [-0.05, 0) is 50.3 Å². The van der Waals surface area contributed by atoms with Crippen molar-refractivity contribution >= 4 is 15.9 Å². The molecular weight excluding hydrogens is 326 g/mol. The van der Waals surface area contributed by atoms with E-state index in [2.05, 4.69) is 64.5 Å². The Morgan fingerprint density at radius 1 is 1.38 bits per heavy atom. The first-order chi connectivity index (χ1) is 10.0. The van der Waals surface area contributed by atoms with Gasteiger partial charge in [0.25, 0.3) is 0 Å². The third kappa shape index (κ3) is 3.06. The van der Waals surface area contributed by atoms with E-state index in [9.17, 15) is 0 Å². The second-order valence-electron chi connectivity index (χ2n) is 6.12. The highest BCUT2D eigenvalue weighted by Gasteiger charge is 2.31. The molecule has 1 aliphatic carbocycles. The monoisotopic (exact) mass is 347 g/mol. The predicted octanol–water partition coefficient (Wildman–Crippen LogP) is 4.09. The quantitative estimate of drug-likeness (QED) is 0.902. The van der Waals surface area contributed by atoms with Crippen molar-refractivity contribution in [2.45, 2.75) is 44.7 Å². The molecule has 1 aromatic heterocycles. The number of rotatable bonds is 4. The Bertz CT molecular complexity index is 629. The lowest BCUT2D eigenvalue weighted by Gasteiger charge is -2.38. The number of hydrogen-bond acceptors (Lipinski definition) is 2. The van der Waals surface area contributed by atoms with Crippen LogP contribution in [0.4, 0.5) is 0 Å². The van der Waals surface area contributed by atoms with Crippen LogP contribution in [-0.4, -0.2) is 15.8 Å². The third-order valence-corrected chi connectivity index (χ3v) is 5.18. The summed E-state index contributed by atoms with van der Waals surface area (Å²) in [4.78, 5) is 0. The second kappa shape index (κ2) is 5.93. The Morgan fingerprint density at radius 2 is 2.14 bits per heavy atom. The minimum absolute atomic E-state index is 0.368. The van der Waals surface area contributed by atoms with Crippen molar-refractivity contribution in [3.05, 3.63) is 51.8 Å². The summed E-state index contributed by atoms with van der Waals surface area (Å²) in [5, 5.41) is 8.07. The van der Waals surface area contributed by atoms with Gasteiger partial charge in [0.15, 0.2) is 0 Å². The smallest absolute Gasteiger partial charge is 0.0540 e. The van der Waals surface area contributed by atoms with Crippen LogP contribution in [-0.2, 0) is 7.05 Å². The number of halogens is 1. The normalized spacial score (nSPS) is 22.9. The summed E-state index contributed by atoms with van der Waals surface area (Å²) in [6.45, 7) is 4.36. The Hall–Kier alpha value is -1.13. The minimum Gasteiger partial charge on any atom is -0.307 e. The van der Waals surface area contributed by atoms with E-state index in [4.69, 9.17) is 0 Å². The number of nitrogens with zero attached hydrogens (tertiary/aromatic N) is 2. The van der Waals surface area contributed by atoms with E-state index < -0.39 is 0 Å². The van der Waals surface area contributed by atoms with Crippen LogP contribution in [0, 0.1) is 6.92 Å². The molecule has 1 fully saturated rings. The van der Waals surface area contributed by atoms with E-state index in [-0.39, 0.29) is 0 Å². The summed E-state index contributed by atoms with van der Waals surface area (Å²) < 4.78 is 3.12. The number of nitrogens with one attached hydrogen (secondary N) is 1. The average Bonchev–Trinajstić information content (AvgIpc) is 2.73. The van der Waals surface area contributed by atoms with Crippen LogP contribution in [0.1, 0.15) is 48.5 Å². The number of benzene rings is 1. The van der Waals surface area contributed by atoms with Crippen LogP contribution in [0.5, 0.6) is 0 Å². The van der Waals surface area contributed by atoms with Crippen LogP contribution in [0.3, 0.4) is 0 Å². The zero-order chi connectivity index (χ0) is 15.0. The summed E-state index contributed by atoms with van der Waals surface area (Å²) in [5.41, 5.74) is 4.01. The summed E-state index contributed by atoms with van der Waals surface area (Å²) >= 11 is 3.56. The minimum atomic E-state index is 0.368. The first kappa shape index (κ1) is 14.8. The van der Waals surface area contributed by atoms with E-state index in [1.165, 1.54) is 34.1 Å². The van der Waals surface area contributed by atoms with Gasteiger partial charge in [-0.25, -0.2) is 0 Å². The lowest BCUT2D eigenvalue weighted by atomic mass is 9.75. The molecule has 0 bridgehead atoms. The molecule has 4 heteroatoms. The summed E-state index contributed by atoms with van der Waals surface area (Å²) in [6.07, 6.45) is 4.43. The predicted molar refractivity (Wildman–Crippen MR) is 89.4 cm³/mol. The zero-order valence-corrected chi connectivity index (χ0v) is 14.4. The molecule has 3 rings (SSSR count). The van der Waals surface area contributed by atoms with Crippen molar-refractivity contribution in [3.8, 4) is 0 Å². The van der Waals surface area contributed by atoms with Crippen molar-refractivity contribution in [1.82, 2.24) is 15.1 Å². The molecule has 21 heavy (non-hydrogen) atoms. The summed E-state index contributed by atoms with van der Waals surface area (Å²) in [7, 11) is 2.00. The summed E-state index contributed by atoms with van der Waals surface area (Å²) in [5.74, 6) is 0.696. The molecule has 112 valence electrons.